The molecule has 3 rings (SSSR count). The van der Waals surface area contributed by atoms with E-state index < -0.39 is 0 Å². The summed E-state index contributed by atoms with van der Waals surface area (Å²) in [5, 5.41) is 12.0. The third kappa shape index (κ3) is 2.41. The highest BCUT2D eigenvalue weighted by Crippen LogP contribution is 2.38. The number of allylic oxidation sites excluding steroid dienone is 1. The molecule has 0 radical (unpaired) electrons. The summed E-state index contributed by atoms with van der Waals surface area (Å²) < 4.78 is 5.31. The summed E-state index contributed by atoms with van der Waals surface area (Å²) in [4.78, 5) is 23.9. The smallest absolute Gasteiger partial charge is 0.269 e. The zero-order chi connectivity index (χ0) is 15.7. The van der Waals surface area contributed by atoms with Crippen molar-refractivity contribution < 1.29 is 14.0 Å². The minimum atomic E-state index is -0.263. The van der Waals surface area contributed by atoms with E-state index in [1.165, 1.54) is 0 Å². The van der Waals surface area contributed by atoms with Crippen molar-refractivity contribution in [2.75, 3.05) is 12.4 Å². The molecule has 7 heteroatoms. The van der Waals surface area contributed by atoms with E-state index in [1.807, 2.05) is 19.1 Å². The van der Waals surface area contributed by atoms with E-state index >= 15 is 0 Å². The molecule has 0 spiro atoms. The van der Waals surface area contributed by atoms with Crippen LogP contribution in [0.4, 0.5) is 5.82 Å². The predicted octanol–water partition coefficient (Wildman–Crippen LogP) is 1.89. The van der Waals surface area contributed by atoms with E-state index in [0.717, 1.165) is 5.57 Å². The lowest BCUT2D eigenvalue weighted by Gasteiger charge is -2.23. The molecule has 0 aliphatic carbocycles. The van der Waals surface area contributed by atoms with Gasteiger partial charge < -0.3 is 15.1 Å². The number of H-pyrrole nitrogens is 1. The van der Waals surface area contributed by atoms with Gasteiger partial charge in [-0.1, -0.05) is 5.57 Å². The van der Waals surface area contributed by atoms with Crippen LogP contribution in [0.3, 0.4) is 0 Å². The first-order valence-electron chi connectivity index (χ1n) is 6.92. The molecule has 2 amide bonds. The van der Waals surface area contributed by atoms with Gasteiger partial charge >= 0.3 is 0 Å². The highest BCUT2D eigenvalue weighted by atomic mass is 16.3. The molecule has 2 aromatic rings. The molecule has 1 aliphatic heterocycles. The zero-order valence-electron chi connectivity index (χ0n) is 12.3. The van der Waals surface area contributed by atoms with E-state index in [1.54, 1.807) is 19.4 Å². The molecule has 0 unspecified atom stereocenters. The van der Waals surface area contributed by atoms with Gasteiger partial charge in [0.05, 0.1) is 6.26 Å². The topological polar surface area (TPSA) is 100 Å². The average molecular weight is 300 g/mol. The molecule has 0 saturated heterocycles. The van der Waals surface area contributed by atoms with Crippen molar-refractivity contribution in [3.8, 4) is 0 Å². The molecule has 3 heterocycles. The monoisotopic (exact) mass is 300 g/mol. The molecule has 1 atom stereocenters. The van der Waals surface area contributed by atoms with Gasteiger partial charge in [0.25, 0.3) is 5.91 Å². The lowest BCUT2D eigenvalue weighted by atomic mass is 9.85. The fourth-order valence-corrected chi connectivity index (χ4v) is 2.64. The maximum Gasteiger partial charge on any atom is 0.269 e. The number of carbonyl (C=O) groups is 2. The molecule has 0 saturated carbocycles. The van der Waals surface area contributed by atoms with Crippen molar-refractivity contribution >= 4 is 23.7 Å². The predicted molar refractivity (Wildman–Crippen MR) is 80.3 cm³/mol. The van der Waals surface area contributed by atoms with Crippen LogP contribution in [-0.2, 0) is 4.79 Å². The number of furan rings is 1. The van der Waals surface area contributed by atoms with Gasteiger partial charge in [-0.2, -0.15) is 5.10 Å². The summed E-state index contributed by atoms with van der Waals surface area (Å²) in [7, 11) is 1.55. The van der Waals surface area contributed by atoms with E-state index in [9.17, 15) is 9.59 Å². The van der Waals surface area contributed by atoms with Crippen LogP contribution in [0.2, 0.25) is 0 Å². The molecular weight excluding hydrogens is 284 g/mol. The van der Waals surface area contributed by atoms with Crippen molar-refractivity contribution in [2.45, 2.75) is 19.3 Å². The van der Waals surface area contributed by atoms with Crippen molar-refractivity contribution in [3.05, 3.63) is 41.0 Å². The standard InChI is InChI=1S/C15H16N4O3/c1-8(6-9-4-3-5-22-9)10-7-11(20)17-14-12(10)13(18-19-14)15(21)16-2/h3-6,10H,7H2,1-2H3,(H,16,21)(H2,17,18,19,20)/b8-6+/t10-/m0/s1. The minimum Gasteiger partial charge on any atom is -0.465 e. The molecule has 0 aromatic carbocycles. The Hall–Kier alpha value is -2.83. The largest absolute Gasteiger partial charge is 0.465 e. The number of nitrogens with one attached hydrogen (secondary N) is 3. The number of amides is 2. The second kappa shape index (κ2) is 5.51. The Morgan fingerprint density at radius 2 is 2.36 bits per heavy atom. The number of aromatic nitrogens is 2. The fraction of sp³-hybridized carbons (Fsp3) is 0.267. The summed E-state index contributed by atoms with van der Waals surface area (Å²) in [6.45, 7) is 1.91. The minimum absolute atomic E-state index is 0.125. The molecule has 22 heavy (non-hydrogen) atoms. The summed E-state index contributed by atoms with van der Waals surface area (Å²) in [5.74, 6) is 0.502. The number of nitrogens with zero attached hydrogens (tertiary/aromatic N) is 1. The van der Waals surface area contributed by atoms with Crippen LogP contribution >= 0.6 is 0 Å². The molecule has 0 fully saturated rings. The third-order valence-corrected chi connectivity index (χ3v) is 3.72. The van der Waals surface area contributed by atoms with Crippen LogP contribution in [0.25, 0.3) is 6.08 Å². The first-order valence-corrected chi connectivity index (χ1v) is 6.92. The lowest BCUT2D eigenvalue weighted by Crippen LogP contribution is -2.26. The van der Waals surface area contributed by atoms with E-state index in [2.05, 4.69) is 20.8 Å². The molecule has 0 bridgehead atoms. The van der Waals surface area contributed by atoms with Gasteiger partial charge in [-0.3, -0.25) is 14.7 Å². The van der Waals surface area contributed by atoms with Crippen LogP contribution in [-0.4, -0.2) is 29.1 Å². The second-order valence-corrected chi connectivity index (χ2v) is 5.15. The van der Waals surface area contributed by atoms with E-state index in [-0.39, 0.29) is 24.2 Å². The number of hydrogen-bond acceptors (Lipinski definition) is 4. The van der Waals surface area contributed by atoms with Gasteiger partial charge in [-0.25, -0.2) is 0 Å². The third-order valence-electron chi connectivity index (χ3n) is 3.72. The van der Waals surface area contributed by atoms with Gasteiger partial charge in [-0.15, -0.1) is 0 Å². The molecule has 114 valence electrons. The van der Waals surface area contributed by atoms with Gasteiger partial charge in [-0.05, 0) is 25.1 Å². The molecular formula is C15H16N4O3. The number of fused-ring (bicyclic) bond motifs is 1. The van der Waals surface area contributed by atoms with Gasteiger partial charge in [0.15, 0.2) is 5.82 Å². The van der Waals surface area contributed by atoms with Crippen LogP contribution < -0.4 is 10.6 Å². The summed E-state index contributed by atoms with van der Waals surface area (Å²) in [5.41, 5.74) is 2.01. The number of carbonyl (C=O) groups excluding carboxylic acids is 2. The highest BCUT2D eigenvalue weighted by molar-refractivity contribution is 6.00. The summed E-state index contributed by atoms with van der Waals surface area (Å²) >= 11 is 0. The Morgan fingerprint density at radius 1 is 1.55 bits per heavy atom. The van der Waals surface area contributed by atoms with Crippen LogP contribution in [0, 0.1) is 0 Å². The zero-order valence-corrected chi connectivity index (χ0v) is 12.3. The Bertz CT molecular complexity index is 743. The molecule has 2 aromatic heterocycles. The first-order chi connectivity index (χ1) is 10.6. The number of hydrogen-bond donors (Lipinski definition) is 3. The Morgan fingerprint density at radius 3 is 3.05 bits per heavy atom. The number of rotatable bonds is 3. The van der Waals surface area contributed by atoms with E-state index in [4.69, 9.17) is 4.42 Å². The second-order valence-electron chi connectivity index (χ2n) is 5.15. The van der Waals surface area contributed by atoms with E-state index in [0.29, 0.717) is 22.8 Å². The lowest BCUT2D eigenvalue weighted by molar-refractivity contribution is -0.116. The maximum absolute atomic E-state index is 12.0. The van der Waals surface area contributed by atoms with Crippen molar-refractivity contribution in [1.29, 1.82) is 0 Å². The quantitative estimate of drug-likeness (QED) is 0.806. The number of aromatic amines is 1. The van der Waals surface area contributed by atoms with Crippen molar-refractivity contribution in [1.82, 2.24) is 15.5 Å². The number of anilines is 1. The SMILES string of the molecule is CNC(=O)c1[nH]nc2c1[C@H](/C(C)=C/c1ccco1)CC(=O)N2. The Kier molecular flexibility index (Phi) is 3.54. The summed E-state index contributed by atoms with van der Waals surface area (Å²) in [6, 6.07) is 3.63. The van der Waals surface area contributed by atoms with Gasteiger partial charge in [0, 0.05) is 24.9 Å². The summed E-state index contributed by atoms with van der Waals surface area (Å²) in [6.07, 6.45) is 3.72. The van der Waals surface area contributed by atoms with Crippen molar-refractivity contribution in [2.24, 2.45) is 0 Å². The molecule has 7 nitrogen and oxygen atoms in total. The highest BCUT2D eigenvalue weighted by Gasteiger charge is 2.33. The molecule has 3 N–H and O–H groups in total. The molecule has 1 aliphatic rings. The Balaban J connectivity index is 2.05. The van der Waals surface area contributed by atoms with Crippen LogP contribution in [0.1, 0.15) is 41.1 Å². The maximum atomic E-state index is 12.0. The fourth-order valence-electron chi connectivity index (χ4n) is 2.64. The van der Waals surface area contributed by atoms with Crippen molar-refractivity contribution in [3.63, 3.8) is 0 Å². The van der Waals surface area contributed by atoms with Crippen LogP contribution in [0.15, 0.2) is 28.4 Å². The van der Waals surface area contributed by atoms with Crippen LogP contribution in [0.5, 0.6) is 0 Å². The normalized spacial score (nSPS) is 17.8. The average Bonchev–Trinajstić information content (AvgIpc) is 3.14. The van der Waals surface area contributed by atoms with Gasteiger partial charge in [0.1, 0.15) is 11.5 Å². The Labute approximate surface area is 126 Å². The first kappa shape index (κ1) is 14.1. The van der Waals surface area contributed by atoms with Gasteiger partial charge in [0.2, 0.25) is 5.91 Å².